The van der Waals surface area contributed by atoms with Crippen LogP contribution < -0.4 is 14.8 Å². The van der Waals surface area contributed by atoms with Crippen LogP contribution in [-0.2, 0) is 6.18 Å². The maximum atomic E-state index is 12.9. The molecule has 0 spiro atoms. The van der Waals surface area contributed by atoms with E-state index >= 15 is 0 Å². The second kappa shape index (κ2) is 10.1. The third-order valence-electron chi connectivity index (χ3n) is 4.17. The molecule has 0 atom stereocenters. The number of nitro benzene ring substituents is 1. The van der Waals surface area contributed by atoms with Gasteiger partial charge in [0.25, 0.3) is 5.91 Å². The van der Waals surface area contributed by atoms with Crippen LogP contribution in [0.1, 0.15) is 29.1 Å². The second-order valence-electron chi connectivity index (χ2n) is 7.04. The van der Waals surface area contributed by atoms with Gasteiger partial charge in [0.2, 0.25) is 5.75 Å². The van der Waals surface area contributed by atoms with Crippen molar-refractivity contribution in [1.29, 1.82) is 0 Å². The minimum atomic E-state index is -4.77. The number of nitrogens with one attached hydrogen (secondary N) is 1. The third kappa shape index (κ3) is 5.91. The van der Waals surface area contributed by atoms with Crippen LogP contribution in [0.15, 0.2) is 41.8 Å². The molecule has 0 saturated heterocycles. The number of hydrogen-bond acceptors (Lipinski definition) is 6. The zero-order chi connectivity index (χ0) is 25.2. The number of nitro groups is 1. The Balaban J connectivity index is 1.88. The number of thiophene rings is 1. The van der Waals surface area contributed by atoms with Crippen LogP contribution in [0.4, 0.5) is 24.5 Å². The standard InChI is InChI=1S/C21H15Cl2F3N2O5S/c1-10(2)32-18-9-14(12(22)8-13(18)23)27-20(29)19-17(5-6-34-19)33-16-4-3-11(21(24,25)26)7-15(16)28(30)31/h3-10H,1-2H3,(H,27,29). The molecule has 0 saturated carbocycles. The Morgan fingerprint density at radius 2 is 1.79 bits per heavy atom. The van der Waals surface area contributed by atoms with E-state index in [1.165, 1.54) is 23.6 Å². The van der Waals surface area contributed by atoms with Gasteiger partial charge in [0.15, 0.2) is 5.75 Å². The number of nitrogens with zero attached hydrogens (tertiary/aromatic N) is 1. The van der Waals surface area contributed by atoms with Crippen molar-refractivity contribution in [3.63, 3.8) is 0 Å². The lowest BCUT2D eigenvalue weighted by Gasteiger charge is -2.15. The first-order valence-corrected chi connectivity index (χ1v) is 11.1. The van der Waals surface area contributed by atoms with Crippen LogP contribution in [0, 0.1) is 10.1 Å². The summed E-state index contributed by atoms with van der Waals surface area (Å²) in [5, 5.41) is 15.7. The van der Waals surface area contributed by atoms with Gasteiger partial charge < -0.3 is 14.8 Å². The fraction of sp³-hybridized carbons (Fsp3) is 0.190. The Bertz CT molecular complexity index is 1250. The highest BCUT2D eigenvalue weighted by atomic mass is 35.5. The van der Waals surface area contributed by atoms with Gasteiger partial charge in [0.05, 0.1) is 32.3 Å². The van der Waals surface area contributed by atoms with Gasteiger partial charge in [0, 0.05) is 12.1 Å². The first kappa shape index (κ1) is 25.6. The topological polar surface area (TPSA) is 90.7 Å². The fourth-order valence-corrected chi connectivity index (χ4v) is 3.92. The molecule has 1 amide bonds. The minimum Gasteiger partial charge on any atom is -0.489 e. The molecular weight excluding hydrogens is 520 g/mol. The highest BCUT2D eigenvalue weighted by Gasteiger charge is 2.33. The second-order valence-corrected chi connectivity index (χ2v) is 8.77. The van der Waals surface area contributed by atoms with Gasteiger partial charge in [-0.2, -0.15) is 13.2 Å². The van der Waals surface area contributed by atoms with Gasteiger partial charge in [0.1, 0.15) is 10.6 Å². The molecule has 13 heteroatoms. The average Bonchev–Trinajstić information content (AvgIpc) is 3.18. The van der Waals surface area contributed by atoms with Crippen molar-refractivity contribution in [2.24, 2.45) is 0 Å². The Kier molecular flexibility index (Phi) is 7.59. The molecule has 3 aromatic rings. The van der Waals surface area contributed by atoms with Crippen LogP contribution >= 0.6 is 34.5 Å². The summed E-state index contributed by atoms with van der Waals surface area (Å²) in [4.78, 5) is 23.2. The Labute approximate surface area is 205 Å². The Hall–Kier alpha value is -3.02. The molecule has 0 aliphatic rings. The molecule has 34 heavy (non-hydrogen) atoms. The van der Waals surface area contributed by atoms with Gasteiger partial charge in [-0.25, -0.2) is 0 Å². The van der Waals surface area contributed by atoms with E-state index in [4.69, 9.17) is 32.7 Å². The van der Waals surface area contributed by atoms with Crippen molar-refractivity contribution in [1.82, 2.24) is 0 Å². The molecule has 7 nitrogen and oxygen atoms in total. The number of ether oxygens (including phenoxy) is 2. The molecule has 1 heterocycles. The number of rotatable bonds is 7. The lowest BCUT2D eigenvalue weighted by Crippen LogP contribution is -2.12. The van der Waals surface area contributed by atoms with E-state index in [9.17, 15) is 28.1 Å². The molecule has 2 aromatic carbocycles. The average molecular weight is 535 g/mol. The summed E-state index contributed by atoms with van der Waals surface area (Å²) in [5.41, 5.74) is -1.91. The van der Waals surface area contributed by atoms with Crippen molar-refractivity contribution >= 4 is 51.8 Å². The van der Waals surface area contributed by atoms with Crippen molar-refractivity contribution in [2.45, 2.75) is 26.1 Å². The Morgan fingerprint density at radius 1 is 1.09 bits per heavy atom. The molecule has 0 bridgehead atoms. The van der Waals surface area contributed by atoms with Gasteiger partial charge in [-0.3, -0.25) is 14.9 Å². The number of hydrogen-bond donors (Lipinski definition) is 1. The van der Waals surface area contributed by atoms with Gasteiger partial charge in [-0.1, -0.05) is 23.2 Å². The van der Waals surface area contributed by atoms with Crippen molar-refractivity contribution in [3.8, 4) is 17.2 Å². The predicted octanol–water partition coefficient (Wildman–Crippen LogP) is 7.81. The number of benzene rings is 2. The number of anilines is 1. The molecule has 180 valence electrons. The van der Waals surface area contributed by atoms with Crippen LogP contribution in [0.25, 0.3) is 0 Å². The fourth-order valence-electron chi connectivity index (χ4n) is 2.73. The molecule has 0 aliphatic carbocycles. The maximum Gasteiger partial charge on any atom is 0.416 e. The highest BCUT2D eigenvalue weighted by Crippen LogP contribution is 2.40. The first-order valence-electron chi connectivity index (χ1n) is 9.45. The monoisotopic (exact) mass is 534 g/mol. The van der Waals surface area contributed by atoms with E-state index in [1.54, 1.807) is 13.8 Å². The summed E-state index contributed by atoms with van der Waals surface area (Å²) < 4.78 is 49.8. The molecule has 0 fully saturated rings. The van der Waals surface area contributed by atoms with Crippen LogP contribution in [0.3, 0.4) is 0 Å². The SMILES string of the molecule is CC(C)Oc1cc(NC(=O)c2sccc2Oc2ccc(C(F)(F)F)cc2[N+](=O)[O-])c(Cl)cc1Cl. The summed E-state index contributed by atoms with van der Waals surface area (Å²) in [5.74, 6) is -0.921. The molecule has 0 aliphatic heterocycles. The summed E-state index contributed by atoms with van der Waals surface area (Å²) in [6, 6.07) is 6.04. The summed E-state index contributed by atoms with van der Waals surface area (Å²) in [6.45, 7) is 3.58. The van der Waals surface area contributed by atoms with E-state index < -0.39 is 34.0 Å². The summed E-state index contributed by atoms with van der Waals surface area (Å²) >= 11 is 13.2. The van der Waals surface area contributed by atoms with Crippen molar-refractivity contribution in [2.75, 3.05) is 5.32 Å². The predicted molar refractivity (Wildman–Crippen MR) is 123 cm³/mol. The zero-order valence-electron chi connectivity index (χ0n) is 17.4. The van der Waals surface area contributed by atoms with Gasteiger partial charge in [-0.05, 0) is 43.5 Å². The molecule has 0 radical (unpaired) electrons. The van der Waals surface area contributed by atoms with E-state index in [-0.39, 0.29) is 32.5 Å². The lowest BCUT2D eigenvalue weighted by atomic mass is 10.2. The summed E-state index contributed by atoms with van der Waals surface area (Å²) in [7, 11) is 0. The van der Waals surface area contributed by atoms with E-state index in [2.05, 4.69) is 5.32 Å². The highest BCUT2D eigenvalue weighted by molar-refractivity contribution is 7.12. The Morgan fingerprint density at radius 3 is 2.41 bits per heavy atom. The third-order valence-corrected chi connectivity index (χ3v) is 5.67. The zero-order valence-corrected chi connectivity index (χ0v) is 19.7. The van der Waals surface area contributed by atoms with Crippen LogP contribution in [0.5, 0.6) is 17.2 Å². The van der Waals surface area contributed by atoms with E-state index in [0.717, 1.165) is 17.4 Å². The van der Waals surface area contributed by atoms with Gasteiger partial charge >= 0.3 is 11.9 Å². The van der Waals surface area contributed by atoms with E-state index in [0.29, 0.717) is 17.9 Å². The van der Waals surface area contributed by atoms with E-state index in [1.807, 2.05) is 0 Å². The first-order chi connectivity index (χ1) is 15.9. The molecular formula is C21H15Cl2F3N2O5S. The minimum absolute atomic E-state index is 0.00606. The maximum absolute atomic E-state index is 12.9. The largest absolute Gasteiger partial charge is 0.489 e. The normalized spacial score (nSPS) is 11.4. The number of halogens is 5. The number of alkyl halides is 3. The number of carbonyl (C=O) groups is 1. The smallest absolute Gasteiger partial charge is 0.416 e. The number of carbonyl (C=O) groups excluding carboxylic acids is 1. The van der Waals surface area contributed by atoms with Crippen molar-refractivity contribution < 1.29 is 32.4 Å². The molecule has 0 unspecified atom stereocenters. The quantitative estimate of drug-likeness (QED) is 0.246. The van der Waals surface area contributed by atoms with Crippen LogP contribution in [-0.4, -0.2) is 16.9 Å². The van der Waals surface area contributed by atoms with Crippen molar-refractivity contribution in [3.05, 3.63) is 72.4 Å². The van der Waals surface area contributed by atoms with Crippen LogP contribution in [0.2, 0.25) is 10.0 Å². The molecule has 1 aromatic heterocycles. The van der Waals surface area contributed by atoms with Gasteiger partial charge in [-0.15, -0.1) is 11.3 Å². The molecule has 3 rings (SSSR count). The number of amides is 1. The lowest BCUT2D eigenvalue weighted by molar-refractivity contribution is -0.385. The molecule has 1 N–H and O–H groups in total. The summed E-state index contributed by atoms with van der Waals surface area (Å²) in [6.07, 6.45) is -4.97.